The molecule has 3 aromatic carbocycles. The average molecular weight is 469 g/mol. The molecular weight excluding hydrogens is 440 g/mol. The molecule has 0 aromatic heterocycles. The van der Waals surface area contributed by atoms with Gasteiger partial charge in [0, 0.05) is 18.7 Å². The molecule has 0 heterocycles. The normalized spacial score (nSPS) is 12.0. The molecule has 1 atom stereocenters. The molecule has 0 radical (unpaired) electrons. The minimum atomic E-state index is -3.98. The molecule has 0 aliphatic heterocycles. The van der Waals surface area contributed by atoms with Gasteiger partial charge in [-0.15, -0.1) is 0 Å². The highest BCUT2D eigenvalue weighted by Crippen LogP contribution is 2.38. The number of nitrogens with one attached hydrogen (secondary N) is 1. The van der Waals surface area contributed by atoms with Gasteiger partial charge in [-0.3, -0.25) is 9.10 Å². The number of hydrogen-bond acceptors (Lipinski definition) is 5. The Morgan fingerprint density at radius 2 is 1.61 bits per heavy atom. The molecule has 0 bridgehead atoms. The maximum atomic E-state index is 13.9. The summed E-state index contributed by atoms with van der Waals surface area (Å²) in [6, 6.07) is 18.3. The van der Waals surface area contributed by atoms with E-state index in [4.69, 9.17) is 9.47 Å². The standard InChI is InChI=1S/C25H28N2O5S/c1-17-7-6-8-20(15-17)18(2)27(22-11-14-24(31-4)25(16-22)32-5)33(29,30)23-12-9-21(10-13-23)26-19(3)28/h6-16,18H,1-5H3,(H,26,28)/t18-/m1/s1. The Bertz CT molecular complexity index is 1240. The van der Waals surface area contributed by atoms with E-state index >= 15 is 0 Å². The number of anilines is 2. The van der Waals surface area contributed by atoms with Crippen molar-refractivity contribution in [3.63, 3.8) is 0 Å². The van der Waals surface area contributed by atoms with Crippen LogP contribution in [0.4, 0.5) is 11.4 Å². The molecule has 0 aliphatic rings. The molecule has 3 rings (SSSR count). The molecule has 0 unspecified atom stereocenters. The van der Waals surface area contributed by atoms with Crippen LogP contribution in [0.1, 0.15) is 31.0 Å². The first-order valence-corrected chi connectivity index (χ1v) is 11.8. The van der Waals surface area contributed by atoms with Gasteiger partial charge in [-0.25, -0.2) is 8.42 Å². The zero-order valence-corrected chi connectivity index (χ0v) is 20.1. The van der Waals surface area contributed by atoms with Gasteiger partial charge in [0.05, 0.1) is 30.8 Å². The van der Waals surface area contributed by atoms with E-state index < -0.39 is 16.1 Å². The first kappa shape index (κ1) is 24.1. The highest BCUT2D eigenvalue weighted by Gasteiger charge is 2.31. The SMILES string of the molecule is COc1ccc(N([C@H](C)c2cccc(C)c2)S(=O)(=O)c2ccc(NC(C)=O)cc2)cc1OC. The quantitative estimate of drug-likeness (QED) is 0.507. The van der Waals surface area contributed by atoms with Gasteiger partial charge in [0.1, 0.15) is 0 Å². The summed E-state index contributed by atoms with van der Waals surface area (Å²) in [5.41, 5.74) is 2.84. The van der Waals surface area contributed by atoms with Gasteiger partial charge >= 0.3 is 0 Å². The van der Waals surface area contributed by atoms with Crippen LogP contribution in [0.2, 0.25) is 0 Å². The smallest absolute Gasteiger partial charge is 0.264 e. The van der Waals surface area contributed by atoms with Crippen molar-refractivity contribution in [1.29, 1.82) is 0 Å². The molecule has 0 fully saturated rings. The third-order valence-corrected chi connectivity index (χ3v) is 7.14. The third-order valence-electron chi connectivity index (χ3n) is 5.23. The number of methoxy groups -OCH3 is 2. The van der Waals surface area contributed by atoms with Crippen molar-refractivity contribution in [2.75, 3.05) is 23.8 Å². The van der Waals surface area contributed by atoms with E-state index in [-0.39, 0.29) is 10.8 Å². The number of aryl methyl sites for hydroxylation is 1. The fraction of sp³-hybridized carbons (Fsp3) is 0.240. The van der Waals surface area contributed by atoms with Crippen LogP contribution in [0.5, 0.6) is 11.5 Å². The highest BCUT2D eigenvalue weighted by atomic mass is 32.2. The summed E-state index contributed by atoms with van der Waals surface area (Å²) < 4.78 is 39.9. The number of hydrogen-bond donors (Lipinski definition) is 1. The molecule has 1 amide bonds. The van der Waals surface area contributed by atoms with Gasteiger partial charge in [-0.2, -0.15) is 0 Å². The number of ether oxygens (including phenoxy) is 2. The van der Waals surface area contributed by atoms with Crippen molar-refractivity contribution in [2.45, 2.75) is 31.7 Å². The summed E-state index contributed by atoms with van der Waals surface area (Å²) in [5.74, 6) is 0.694. The Kier molecular flexibility index (Phi) is 7.28. The number of carbonyl (C=O) groups excluding carboxylic acids is 1. The van der Waals surface area contributed by atoms with Crippen LogP contribution in [0.15, 0.2) is 71.6 Å². The number of carbonyl (C=O) groups is 1. The minimum Gasteiger partial charge on any atom is -0.493 e. The van der Waals surface area contributed by atoms with Crippen molar-refractivity contribution < 1.29 is 22.7 Å². The van der Waals surface area contributed by atoms with E-state index in [1.165, 1.54) is 37.6 Å². The summed E-state index contributed by atoms with van der Waals surface area (Å²) in [7, 11) is -0.949. The lowest BCUT2D eigenvalue weighted by molar-refractivity contribution is -0.114. The highest BCUT2D eigenvalue weighted by molar-refractivity contribution is 7.92. The van der Waals surface area contributed by atoms with E-state index in [0.29, 0.717) is 22.9 Å². The Labute approximate surface area is 195 Å². The predicted octanol–water partition coefficient (Wildman–Crippen LogP) is 4.93. The van der Waals surface area contributed by atoms with Gasteiger partial charge in [0.25, 0.3) is 10.0 Å². The molecule has 7 nitrogen and oxygen atoms in total. The van der Waals surface area contributed by atoms with Crippen LogP contribution in [0.3, 0.4) is 0 Å². The Hall–Kier alpha value is -3.52. The molecule has 0 aliphatic carbocycles. The fourth-order valence-electron chi connectivity index (χ4n) is 3.62. The third kappa shape index (κ3) is 5.28. The molecule has 33 heavy (non-hydrogen) atoms. The second-order valence-electron chi connectivity index (χ2n) is 7.64. The van der Waals surface area contributed by atoms with Crippen LogP contribution >= 0.6 is 0 Å². The van der Waals surface area contributed by atoms with Crippen LogP contribution < -0.4 is 19.1 Å². The summed E-state index contributed by atoms with van der Waals surface area (Å²) in [6.45, 7) is 5.20. The topological polar surface area (TPSA) is 84.9 Å². The second kappa shape index (κ2) is 9.95. The zero-order valence-electron chi connectivity index (χ0n) is 19.3. The van der Waals surface area contributed by atoms with Crippen LogP contribution in [-0.4, -0.2) is 28.5 Å². The number of sulfonamides is 1. The van der Waals surface area contributed by atoms with Gasteiger partial charge in [0.2, 0.25) is 5.91 Å². The summed E-state index contributed by atoms with van der Waals surface area (Å²) >= 11 is 0. The second-order valence-corrected chi connectivity index (χ2v) is 9.45. The largest absolute Gasteiger partial charge is 0.493 e. The van der Waals surface area contributed by atoms with Crippen molar-refractivity contribution in [1.82, 2.24) is 0 Å². The van der Waals surface area contributed by atoms with Gasteiger partial charge < -0.3 is 14.8 Å². The molecule has 0 spiro atoms. The van der Waals surface area contributed by atoms with E-state index in [0.717, 1.165) is 11.1 Å². The van der Waals surface area contributed by atoms with Crippen molar-refractivity contribution in [2.24, 2.45) is 0 Å². The van der Waals surface area contributed by atoms with Crippen LogP contribution in [0, 0.1) is 6.92 Å². The Balaban J connectivity index is 2.14. The molecule has 8 heteroatoms. The lowest BCUT2D eigenvalue weighted by atomic mass is 10.1. The van der Waals surface area contributed by atoms with E-state index in [9.17, 15) is 13.2 Å². The molecule has 3 aromatic rings. The maximum absolute atomic E-state index is 13.9. The van der Waals surface area contributed by atoms with Crippen LogP contribution in [0.25, 0.3) is 0 Å². The lowest BCUT2D eigenvalue weighted by Crippen LogP contribution is -2.33. The predicted molar refractivity (Wildman–Crippen MR) is 130 cm³/mol. The summed E-state index contributed by atoms with van der Waals surface area (Å²) in [5, 5.41) is 2.65. The first-order valence-electron chi connectivity index (χ1n) is 10.4. The van der Waals surface area contributed by atoms with Gasteiger partial charge in [-0.05, 0) is 55.8 Å². The number of nitrogens with zero attached hydrogens (tertiary/aromatic N) is 1. The van der Waals surface area contributed by atoms with E-state index in [2.05, 4.69) is 5.32 Å². The number of rotatable bonds is 8. The zero-order chi connectivity index (χ0) is 24.2. The maximum Gasteiger partial charge on any atom is 0.264 e. The number of amides is 1. The summed E-state index contributed by atoms with van der Waals surface area (Å²) in [6.07, 6.45) is 0. The molecule has 1 N–H and O–H groups in total. The van der Waals surface area contributed by atoms with E-state index in [1.54, 1.807) is 30.3 Å². The first-order chi connectivity index (χ1) is 15.7. The molecular formula is C25H28N2O5S. The van der Waals surface area contributed by atoms with Crippen molar-refractivity contribution in [3.8, 4) is 11.5 Å². The minimum absolute atomic E-state index is 0.103. The molecule has 0 saturated heterocycles. The Morgan fingerprint density at radius 1 is 0.939 bits per heavy atom. The van der Waals surface area contributed by atoms with Crippen molar-refractivity contribution in [3.05, 3.63) is 77.9 Å². The summed E-state index contributed by atoms with van der Waals surface area (Å²) in [4.78, 5) is 11.4. The van der Waals surface area contributed by atoms with Gasteiger partial charge in [-0.1, -0.05) is 29.8 Å². The molecule has 174 valence electrons. The monoisotopic (exact) mass is 468 g/mol. The lowest BCUT2D eigenvalue weighted by Gasteiger charge is -2.31. The average Bonchev–Trinajstić information content (AvgIpc) is 2.78. The van der Waals surface area contributed by atoms with Crippen molar-refractivity contribution >= 4 is 27.3 Å². The fourth-order valence-corrected chi connectivity index (χ4v) is 5.26. The van der Waals surface area contributed by atoms with Gasteiger partial charge in [0.15, 0.2) is 11.5 Å². The Morgan fingerprint density at radius 3 is 2.18 bits per heavy atom. The molecule has 0 saturated carbocycles. The van der Waals surface area contributed by atoms with E-state index in [1.807, 2.05) is 38.1 Å². The van der Waals surface area contributed by atoms with Crippen LogP contribution in [-0.2, 0) is 14.8 Å². The number of benzene rings is 3.